The molecule has 2 aliphatic rings. The lowest BCUT2D eigenvalue weighted by atomic mass is 9.97. The van der Waals surface area contributed by atoms with Crippen molar-refractivity contribution in [3.05, 3.63) is 93.2 Å². The summed E-state index contributed by atoms with van der Waals surface area (Å²) >= 11 is 0. The third-order valence-corrected chi connectivity index (χ3v) is 6.26. The number of fused-ring (bicyclic) bond motifs is 1. The summed E-state index contributed by atoms with van der Waals surface area (Å²) in [5, 5.41) is 8.38. The lowest BCUT2D eigenvalue weighted by Crippen LogP contribution is -2.33. The van der Waals surface area contributed by atoms with E-state index in [9.17, 15) is 14.4 Å². The van der Waals surface area contributed by atoms with Crippen molar-refractivity contribution in [3.8, 4) is 0 Å². The van der Waals surface area contributed by atoms with Gasteiger partial charge in [0.1, 0.15) is 11.5 Å². The van der Waals surface area contributed by atoms with Gasteiger partial charge in [0, 0.05) is 25.6 Å². The standard InChI is InChI=1S/C24H23N5O3/c1-15-11-28(12-16-7-3-2-4-8-16)13-19(15)21-25-22(30)20(26-27-21)14-29-23(31)17-9-5-6-10-18(17)24(29)32/h2-10,15,19H,11-14H2,1H3,(H,25,27,30). The van der Waals surface area contributed by atoms with E-state index < -0.39 is 17.4 Å². The number of amides is 2. The van der Waals surface area contributed by atoms with Gasteiger partial charge in [-0.15, -0.1) is 10.2 Å². The number of benzene rings is 2. The molecule has 0 spiro atoms. The quantitative estimate of drug-likeness (QED) is 0.625. The second-order valence-electron chi connectivity index (χ2n) is 8.49. The molecule has 2 aromatic carbocycles. The molecule has 0 aliphatic carbocycles. The van der Waals surface area contributed by atoms with Gasteiger partial charge in [0.25, 0.3) is 17.4 Å². The molecule has 0 saturated carbocycles. The lowest BCUT2D eigenvalue weighted by Gasteiger charge is -2.16. The second-order valence-corrected chi connectivity index (χ2v) is 8.49. The molecule has 1 N–H and O–H groups in total. The van der Waals surface area contributed by atoms with E-state index in [0.717, 1.165) is 24.5 Å². The van der Waals surface area contributed by atoms with Gasteiger partial charge in [0.05, 0.1) is 17.7 Å². The molecule has 2 atom stereocenters. The van der Waals surface area contributed by atoms with E-state index >= 15 is 0 Å². The molecule has 162 valence electrons. The summed E-state index contributed by atoms with van der Waals surface area (Å²) < 4.78 is 0. The Balaban J connectivity index is 1.30. The monoisotopic (exact) mass is 429 g/mol. The van der Waals surface area contributed by atoms with Crippen LogP contribution in [0.25, 0.3) is 0 Å². The zero-order chi connectivity index (χ0) is 22.2. The predicted octanol–water partition coefficient (Wildman–Crippen LogP) is 2.20. The summed E-state index contributed by atoms with van der Waals surface area (Å²) in [7, 11) is 0. The number of aromatic nitrogens is 3. The van der Waals surface area contributed by atoms with Crippen LogP contribution in [0.15, 0.2) is 59.4 Å². The minimum Gasteiger partial charge on any atom is -0.307 e. The summed E-state index contributed by atoms with van der Waals surface area (Å²) in [5.41, 5.74) is 1.57. The normalized spacial score (nSPS) is 20.7. The summed E-state index contributed by atoms with van der Waals surface area (Å²) in [6.07, 6.45) is 0. The largest absolute Gasteiger partial charge is 0.307 e. The van der Waals surface area contributed by atoms with E-state index in [-0.39, 0.29) is 18.2 Å². The number of carbonyl (C=O) groups excluding carboxylic acids is 2. The van der Waals surface area contributed by atoms with E-state index in [0.29, 0.717) is 22.9 Å². The Bertz CT molecular complexity index is 1200. The molecule has 0 radical (unpaired) electrons. The molecule has 1 fully saturated rings. The maximum Gasteiger partial charge on any atom is 0.274 e. The van der Waals surface area contributed by atoms with Crippen LogP contribution in [0.2, 0.25) is 0 Å². The minimum atomic E-state index is -0.420. The molecule has 2 amide bonds. The zero-order valence-corrected chi connectivity index (χ0v) is 17.7. The van der Waals surface area contributed by atoms with E-state index in [2.05, 4.69) is 39.1 Å². The highest BCUT2D eigenvalue weighted by atomic mass is 16.2. The number of likely N-dealkylation sites (tertiary alicyclic amines) is 1. The Morgan fingerprint density at radius 3 is 2.19 bits per heavy atom. The molecular formula is C24H23N5O3. The number of imide groups is 1. The van der Waals surface area contributed by atoms with Crippen molar-refractivity contribution in [3.63, 3.8) is 0 Å². The molecule has 8 nitrogen and oxygen atoms in total. The summed E-state index contributed by atoms with van der Waals surface area (Å²) in [5.74, 6) is 0.0795. The Kier molecular flexibility index (Phi) is 5.14. The van der Waals surface area contributed by atoms with Crippen molar-refractivity contribution < 1.29 is 9.59 Å². The fourth-order valence-electron chi connectivity index (χ4n) is 4.57. The van der Waals surface area contributed by atoms with Crippen molar-refractivity contribution in [2.45, 2.75) is 25.9 Å². The molecule has 1 saturated heterocycles. The second kappa shape index (κ2) is 8.12. The molecule has 2 unspecified atom stereocenters. The molecule has 2 aliphatic heterocycles. The molecule has 32 heavy (non-hydrogen) atoms. The Morgan fingerprint density at radius 1 is 0.875 bits per heavy atom. The highest BCUT2D eigenvalue weighted by molar-refractivity contribution is 6.21. The Hall–Kier alpha value is -3.65. The van der Waals surface area contributed by atoms with Gasteiger partial charge in [-0.1, -0.05) is 49.4 Å². The first kappa shape index (κ1) is 20.3. The molecule has 1 aromatic heterocycles. The van der Waals surface area contributed by atoms with Gasteiger partial charge >= 0.3 is 0 Å². The molecule has 0 bridgehead atoms. The predicted molar refractivity (Wildman–Crippen MR) is 117 cm³/mol. The lowest BCUT2D eigenvalue weighted by molar-refractivity contribution is 0.0639. The van der Waals surface area contributed by atoms with Gasteiger partial charge < -0.3 is 4.98 Å². The highest BCUT2D eigenvalue weighted by Gasteiger charge is 2.36. The van der Waals surface area contributed by atoms with Crippen molar-refractivity contribution in [2.24, 2.45) is 5.92 Å². The van der Waals surface area contributed by atoms with Crippen molar-refractivity contribution in [1.82, 2.24) is 25.0 Å². The number of rotatable bonds is 5. The first-order valence-corrected chi connectivity index (χ1v) is 10.7. The molecule has 3 heterocycles. The molecule has 5 rings (SSSR count). The van der Waals surface area contributed by atoms with Crippen LogP contribution in [0.3, 0.4) is 0 Å². The summed E-state index contributed by atoms with van der Waals surface area (Å²) in [4.78, 5) is 44.1. The first-order valence-electron chi connectivity index (χ1n) is 10.7. The van der Waals surface area contributed by atoms with E-state index in [1.165, 1.54) is 5.56 Å². The smallest absolute Gasteiger partial charge is 0.274 e. The third-order valence-electron chi connectivity index (χ3n) is 6.26. The van der Waals surface area contributed by atoms with Gasteiger partial charge in [-0.2, -0.15) is 0 Å². The van der Waals surface area contributed by atoms with E-state index in [1.807, 2.05) is 18.2 Å². The van der Waals surface area contributed by atoms with E-state index in [1.54, 1.807) is 24.3 Å². The zero-order valence-electron chi connectivity index (χ0n) is 17.7. The van der Waals surface area contributed by atoms with Crippen LogP contribution in [-0.4, -0.2) is 49.9 Å². The van der Waals surface area contributed by atoms with Crippen LogP contribution in [0.4, 0.5) is 0 Å². The average Bonchev–Trinajstić information content (AvgIpc) is 3.28. The van der Waals surface area contributed by atoms with Gasteiger partial charge in [-0.3, -0.25) is 24.2 Å². The third kappa shape index (κ3) is 3.62. The number of hydrogen-bond donors (Lipinski definition) is 1. The summed E-state index contributed by atoms with van der Waals surface area (Å²) in [6.45, 7) is 4.47. The molecular weight excluding hydrogens is 406 g/mol. The van der Waals surface area contributed by atoms with Crippen LogP contribution in [0, 0.1) is 5.92 Å². The van der Waals surface area contributed by atoms with Gasteiger partial charge in [0.15, 0.2) is 0 Å². The molecule has 3 aromatic rings. The van der Waals surface area contributed by atoms with Gasteiger partial charge in [0.2, 0.25) is 0 Å². The van der Waals surface area contributed by atoms with E-state index in [4.69, 9.17) is 0 Å². The van der Waals surface area contributed by atoms with Crippen LogP contribution < -0.4 is 5.56 Å². The van der Waals surface area contributed by atoms with Crippen LogP contribution in [0.5, 0.6) is 0 Å². The fraction of sp³-hybridized carbons (Fsp3) is 0.292. The van der Waals surface area contributed by atoms with Crippen LogP contribution in [-0.2, 0) is 13.1 Å². The van der Waals surface area contributed by atoms with Crippen molar-refractivity contribution in [2.75, 3.05) is 13.1 Å². The van der Waals surface area contributed by atoms with Crippen LogP contribution in [0.1, 0.15) is 50.6 Å². The minimum absolute atomic E-state index is 0.0510. The number of carbonyl (C=O) groups is 2. The maximum absolute atomic E-state index is 12.7. The highest BCUT2D eigenvalue weighted by Crippen LogP contribution is 2.30. The number of nitrogens with one attached hydrogen (secondary N) is 1. The Labute approximate surface area is 184 Å². The fourth-order valence-corrected chi connectivity index (χ4v) is 4.57. The van der Waals surface area contributed by atoms with Gasteiger partial charge in [-0.05, 0) is 23.6 Å². The number of aromatic amines is 1. The van der Waals surface area contributed by atoms with Gasteiger partial charge in [-0.25, -0.2) is 0 Å². The van der Waals surface area contributed by atoms with Crippen LogP contribution >= 0.6 is 0 Å². The first-order chi connectivity index (χ1) is 15.5. The van der Waals surface area contributed by atoms with Crippen molar-refractivity contribution >= 4 is 11.8 Å². The number of hydrogen-bond acceptors (Lipinski definition) is 6. The van der Waals surface area contributed by atoms with Crippen molar-refractivity contribution in [1.29, 1.82) is 0 Å². The number of nitrogens with zero attached hydrogens (tertiary/aromatic N) is 4. The maximum atomic E-state index is 12.7. The molecule has 8 heteroatoms. The number of H-pyrrole nitrogens is 1. The SMILES string of the molecule is CC1CN(Cc2ccccc2)CC1c1nnc(CN2C(=O)c3ccccc3C2=O)c(=O)[nH]1. The Morgan fingerprint density at radius 2 is 1.53 bits per heavy atom. The topological polar surface area (TPSA) is 99.3 Å². The average molecular weight is 429 g/mol. The summed E-state index contributed by atoms with van der Waals surface area (Å²) in [6, 6.07) is 16.9.